The van der Waals surface area contributed by atoms with Crippen molar-refractivity contribution in [3.63, 3.8) is 0 Å². The van der Waals surface area contributed by atoms with Crippen LogP contribution in [0.5, 0.6) is 5.88 Å². The van der Waals surface area contributed by atoms with Crippen LogP contribution in [0.3, 0.4) is 0 Å². The van der Waals surface area contributed by atoms with Gasteiger partial charge in [0.25, 0.3) is 0 Å². The predicted molar refractivity (Wildman–Crippen MR) is 113 cm³/mol. The molecule has 1 N–H and O–H groups in total. The highest BCUT2D eigenvalue weighted by atomic mass is 32.1. The van der Waals surface area contributed by atoms with Crippen LogP contribution in [-0.4, -0.2) is 15.9 Å². The minimum atomic E-state index is 0.215. The lowest BCUT2D eigenvalue weighted by molar-refractivity contribution is 0.427. The summed E-state index contributed by atoms with van der Waals surface area (Å²) in [4.78, 5) is 10.8. The average Bonchev–Trinajstić information content (AvgIpc) is 3.20. The number of rotatable bonds is 3. The molecule has 5 heteroatoms. The minimum Gasteiger partial charge on any atom is -0.493 e. The van der Waals surface area contributed by atoms with E-state index in [2.05, 4.69) is 42.0 Å². The zero-order chi connectivity index (χ0) is 19.0. The number of aliphatic imine (C=N–C) groups is 1. The second kappa shape index (κ2) is 7.00. The van der Waals surface area contributed by atoms with Crippen LogP contribution in [0.2, 0.25) is 0 Å². The fourth-order valence-electron chi connectivity index (χ4n) is 3.11. The van der Waals surface area contributed by atoms with E-state index in [4.69, 9.17) is 0 Å². The normalized spacial score (nSPS) is 14.9. The topological polar surface area (TPSA) is 49.9 Å². The van der Waals surface area contributed by atoms with Crippen molar-refractivity contribution in [3.8, 4) is 5.88 Å². The van der Waals surface area contributed by atoms with Gasteiger partial charge in [0.05, 0.1) is 16.3 Å². The largest absolute Gasteiger partial charge is 0.493 e. The molecule has 27 heavy (non-hydrogen) atoms. The second-order valence-electron chi connectivity index (χ2n) is 6.60. The van der Waals surface area contributed by atoms with Gasteiger partial charge in [0.2, 0.25) is 5.88 Å². The summed E-state index contributed by atoms with van der Waals surface area (Å²) < 4.78 is 1.71. The summed E-state index contributed by atoms with van der Waals surface area (Å²) in [6, 6.07) is 14.3. The van der Waals surface area contributed by atoms with Gasteiger partial charge in [-0.2, -0.15) is 0 Å². The van der Waals surface area contributed by atoms with E-state index in [0.717, 1.165) is 38.6 Å². The fraction of sp³-hybridized carbons (Fsp3) is 0.182. The molecular weight excluding hydrogens is 354 g/mol. The van der Waals surface area contributed by atoms with E-state index < -0.39 is 0 Å². The first-order valence-corrected chi connectivity index (χ1v) is 9.76. The average molecular weight is 375 g/mol. The van der Waals surface area contributed by atoms with E-state index in [0.29, 0.717) is 0 Å². The van der Waals surface area contributed by atoms with Crippen molar-refractivity contribution in [3.05, 3.63) is 68.8 Å². The maximum Gasteiger partial charge on any atom is 0.210 e. The Labute approximate surface area is 162 Å². The van der Waals surface area contributed by atoms with E-state index in [1.54, 1.807) is 4.57 Å². The summed E-state index contributed by atoms with van der Waals surface area (Å²) in [7, 11) is 1.83. The number of para-hydroxylation sites is 1. The Kier molecular flexibility index (Phi) is 4.54. The Balaban J connectivity index is 1.77. The van der Waals surface area contributed by atoms with Gasteiger partial charge in [0.15, 0.2) is 4.80 Å². The number of benzene rings is 2. The van der Waals surface area contributed by atoms with Gasteiger partial charge < -0.3 is 5.11 Å². The molecule has 3 aromatic rings. The summed E-state index contributed by atoms with van der Waals surface area (Å²) >= 11 is 1.46. The van der Waals surface area contributed by atoms with Crippen LogP contribution in [0.15, 0.2) is 52.4 Å². The lowest BCUT2D eigenvalue weighted by Crippen LogP contribution is -2.08. The highest BCUT2D eigenvalue weighted by Gasteiger charge is 2.16. The Bertz CT molecular complexity index is 1130. The smallest absolute Gasteiger partial charge is 0.210 e. The van der Waals surface area contributed by atoms with Gasteiger partial charge in [-0.25, -0.2) is 4.99 Å². The third-order valence-corrected chi connectivity index (χ3v) is 5.78. The van der Waals surface area contributed by atoms with Gasteiger partial charge in [-0.05, 0) is 37.1 Å². The lowest BCUT2D eigenvalue weighted by Gasteiger charge is -2.04. The molecule has 0 bridgehead atoms. The number of aromatic nitrogens is 1. The second-order valence-corrected chi connectivity index (χ2v) is 7.61. The number of aryl methyl sites for hydroxylation is 2. The third-order valence-electron chi connectivity index (χ3n) is 4.72. The summed E-state index contributed by atoms with van der Waals surface area (Å²) in [5.74, 6) is 0.215. The highest BCUT2D eigenvalue weighted by molar-refractivity contribution is 7.10. The first-order chi connectivity index (χ1) is 13.1. The van der Waals surface area contributed by atoms with Crippen LogP contribution >= 0.6 is 11.3 Å². The van der Waals surface area contributed by atoms with Gasteiger partial charge in [0.1, 0.15) is 0 Å². The molecule has 0 saturated carbocycles. The van der Waals surface area contributed by atoms with Crippen LogP contribution in [0.4, 0.5) is 11.4 Å². The molecule has 0 fully saturated rings. The molecule has 0 aliphatic carbocycles. The van der Waals surface area contributed by atoms with Crippen LogP contribution in [0, 0.1) is 6.92 Å². The number of nitrogens with zero attached hydrogens (tertiary/aromatic N) is 3. The standard InChI is InChI=1S/C22H21N3OS/c1-4-15-6-5-7-18-16(13-23-20(15)18)12-19-21(26)25(3)22(27-19)24-17-10-8-14(2)9-11-17/h5-13,26H,4H2,1-3H3/b16-12-,24-22?. The molecule has 2 heterocycles. The molecule has 4 nitrogen and oxygen atoms in total. The van der Waals surface area contributed by atoms with Crippen molar-refractivity contribution in [1.82, 2.24) is 4.57 Å². The summed E-state index contributed by atoms with van der Waals surface area (Å²) in [5.41, 5.74) is 6.47. The summed E-state index contributed by atoms with van der Waals surface area (Å²) in [6.07, 6.45) is 4.81. The molecule has 4 rings (SSSR count). The SMILES string of the molecule is CCc1cccc2c1N=C/C2=C/c1sc(=Nc2ccc(C)cc2)n(C)c1O. The number of fused-ring (bicyclic) bond motifs is 1. The highest BCUT2D eigenvalue weighted by Crippen LogP contribution is 2.37. The molecule has 0 radical (unpaired) electrons. The van der Waals surface area contributed by atoms with E-state index in [1.807, 2.05) is 43.6 Å². The van der Waals surface area contributed by atoms with Crippen LogP contribution in [0.25, 0.3) is 11.6 Å². The summed E-state index contributed by atoms with van der Waals surface area (Å²) in [6.45, 7) is 4.19. The molecule has 136 valence electrons. The van der Waals surface area contributed by atoms with Crippen molar-refractivity contribution in [1.29, 1.82) is 0 Å². The number of aromatic hydroxyl groups is 1. The van der Waals surface area contributed by atoms with E-state index in [1.165, 1.54) is 22.5 Å². The van der Waals surface area contributed by atoms with Gasteiger partial charge in [-0.15, -0.1) is 0 Å². The van der Waals surface area contributed by atoms with Crippen LogP contribution in [-0.2, 0) is 13.5 Å². The fourth-order valence-corrected chi connectivity index (χ4v) is 4.10. The number of hydrogen-bond donors (Lipinski definition) is 1. The van der Waals surface area contributed by atoms with Crippen LogP contribution in [0.1, 0.15) is 28.5 Å². The Morgan fingerprint density at radius 3 is 2.70 bits per heavy atom. The number of thiazole rings is 1. The molecule has 0 saturated heterocycles. The first kappa shape index (κ1) is 17.5. The third kappa shape index (κ3) is 3.26. The molecule has 1 aliphatic rings. The van der Waals surface area contributed by atoms with Gasteiger partial charge in [-0.1, -0.05) is 54.2 Å². The zero-order valence-electron chi connectivity index (χ0n) is 15.6. The quantitative estimate of drug-likeness (QED) is 0.676. The molecule has 1 aromatic heterocycles. The lowest BCUT2D eigenvalue weighted by atomic mass is 10.0. The van der Waals surface area contributed by atoms with Crippen molar-refractivity contribution in [2.75, 3.05) is 0 Å². The number of allylic oxidation sites excluding steroid dienone is 1. The van der Waals surface area contributed by atoms with Crippen LogP contribution < -0.4 is 4.80 Å². The Morgan fingerprint density at radius 1 is 1.19 bits per heavy atom. The van der Waals surface area contributed by atoms with Gasteiger partial charge >= 0.3 is 0 Å². The molecule has 0 spiro atoms. The Hall–Kier alpha value is -2.92. The van der Waals surface area contributed by atoms with E-state index in [-0.39, 0.29) is 5.88 Å². The molecule has 0 amide bonds. The monoisotopic (exact) mass is 375 g/mol. The maximum absolute atomic E-state index is 10.6. The minimum absolute atomic E-state index is 0.215. The van der Waals surface area contributed by atoms with Crippen molar-refractivity contribution in [2.45, 2.75) is 20.3 Å². The number of hydrogen-bond acceptors (Lipinski definition) is 4. The molecule has 0 atom stereocenters. The van der Waals surface area contributed by atoms with Crippen molar-refractivity contribution < 1.29 is 5.11 Å². The Morgan fingerprint density at radius 2 is 1.96 bits per heavy atom. The van der Waals surface area contributed by atoms with Gasteiger partial charge in [-0.3, -0.25) is 9.56 Å². The van der Waals surface area contributed by atoms with Crippen molar-refractivity contribution >= 4 is 40.6 Å². The predicted octanol–water partition coefficient (Wildman–Crippen LogP) is 5.15. The maximum atomic E-state index is 10.6. The first-order valence-electron chi connectivity index (χ1n) is 8.95. The molecular formula is C22H21N3OS. The molecule has 0 unspecified atom stereocenters. The van der Waals surface area contributed by atoms with E-state index >= 15 is 0 Å². The van der Waals surface area contributed by atoms with E-state index in [9.17, 15) is 5.11 Å². The summed E-state index contributed by atoms with van der Waals surface area (Å²) in [5, 5.41) is 10.6. The van der Waals surface area contributed by atoms with Crippen molar-refractivity contribution in [2.24, 2.45) is 17.0 Å². The zero-order valence-corrected chi connectivity index (χ0v) is 16.4. The molecule has 2 aromatic carbocycles. The molecule has 1 aliphatic heterocycles. The van der Waals surface area contributed by atoms with Gasteiger partial charge in [0, 0.05) is 24.4 Å².